The number of fused-ring (bicyclic) bond motifs is 1. The van der Waals surface area contributed by atoms with E-state index in [-0.39, 0.29) is 31.0 Å². The zero-order chi connectivity index (χ0) is 31.2. The molecule has 0 saturated heterocycles. The van der Waals surface area contributed by atoms with Gasteiger partial charge in [0.15, 0.2) is 11.0 Å². The Labute approximate surface area is 265 Å². The number of thioether (sulfide) groups is 1. The highest BCUT2D eigenvalue weighted by Crippen LogP contribution is 2.40. The molecule has 3 aromatic rings. The minimum atomic E-state index is -0.514. The van der Waals surface area contributed by atoms with Crippen LogP contribution in [0.25, 0.3) is 0 Å². The molecule has 11 nitrogen and oxygen atoms in total. The van der Waals surface area contributed by atoms with Gasteiger partial charge in [-0.05, 0) is 63.6 Å². The fraction of sp³-hybridized carbons (Fsp3) is 0.516. The molecule has 44 heavy (non-hydrogen) atoms. The van der Waals surface area contributed by atoms with E-state index in [9.17, 15) is 14.4 Å². The van der Waals surface area contributed by atoms with E-state index >= 15 is 0 Å². The first kappa shape index (κ1) is 31.8. The summed E-state index contributed by atoms with van der Waals surface area (Å²) in [5.41, 5.74) is 1.90. The number of rotatable bonds is 12. The Morgan fingerprint density at radius 3 is 2.45 bits per heavy atom. The second-order valence-corrected chi connectivity index (χ2v) is 13.3. The van der Waals surface area contributed by atoms with Gasteiger partial charge in [0.05, 0.1) is 38.2 Å². The molecule has 236 valence electrons. The number of hydrogen-bond donors (Lipinski definition) is 2. The van der Waals surface area contributed by atoms with Crippen LogP contribution >= 0.6 is 23.1 Å². The highest BCUT2D eigenvalue weighted by Gasteiger charge is 2.31. The highest BCUT2D eigenvalue weighted by atomic mass is 32.2. The van der Waals surface area contributed by atoms with Gasteiger partial charge >= 0.3 is 5.97 Å². The third kappa shape index (κ3) is 7.04. The Morgan fingerprint density at radius 1 is 1.05 bits per heavy atom. The van der Waals surface area contributed by atoms with Crippen molar-refractivity contribution in [1.82, 2.24) is 20.1 Å². The number of thiophene rings is 1. The van der Waals surface area contributed by atoms with Gasteiger partial charge in [-0.3, -0.25) is 9.59 Å². The van der Waals surface area contributed by atoms with E-state index in [1.54, 1.807) is 25.1 Å². The van der Waals surface area contributed by atoms with Crippen LogP contribution < -0.4 is 20.1 Å². The molecular formula is C31H39N5O6S2. The summed E-state index contributed by atoms with van der Waals surface area (Å²) in [7, 11) is 3.07. The second-order valence-electron chi connectivity index (χ2n) is 10.9. The van der Waals surface area contributed by atoms with Crippen molar-refractivity contribution in [2.75, 3.05) is 26.1 Å². The minimum Gasteiger partial charge on any atom is -0.497 e. The molecule has 1 aromatic carbocycles. The van der Waals surface area contributed by atoms with Gasteiger partial charge in [0.2, 0.25) is 5.91 Å². The van der Waals surface area contributed by atoms with Crippen molar-refractivity contribution >= 4 is 45.9 Å². The maximum Gasteiger partial charge on any atom is 0.341 e. The van der Waals surface area contributed by atoms with Gasteiger partial charge in [-0.2, -0.15) is 0 Å². The number of ether oxygens (including phenoxy) is 3. The van der Waals surface area contributed by atoms with Gasteiger partial charge in [0.1, 0.15) is 16.5 Å². The van der Waals surface area contributed by atoms with Gasteiger partial charge < -0.3 is 29.4 Å². The van der Waals surface area contributed by atoms with Crippen LogP contribution in [-0.4, -0.2) is 58.6 Å². The van der Waals surface area contributed by atoms with Crippen LogP contribution in [0.2, 0.25) is 0 Å². The van der Waals surface area contributed by atoms with Crippen LogP contribution in [-0.2, 0) is 28.9 Å². The molecule has 13 heteroatoms. The lowest BCUT2D eigenvalue weighted by atomic mass is 9.95. The molecule has 0 aliphatic heterocycles. The zero-order valence-corrected chi connectivity index (χ0v) is 27.2. The number of anilines is 1. The Hall–Kier alpha value is -3.58. The lowest BCUT2D eigenvalue weighted by Gasteiger charge is -2.26. The summed E-state index contributed by atoms with van der Waals surface area (Å²) >= 11 is 2.79. The molecule has 1 atom stereocenters. The molecule has 5 rings (SSSR count). The van der Waals surface area contributed by atoms with Crippen LogP contribution in [0, 0.1) is 0 Å². The topological polar surface area (TPSA) is 134 Å². The SMILES string of the molecule is CCOC(=O)c1c(NC(=O)C(C)Sc2nnc(CNC(=O)c3cc(OC)cc(OC)c3)n2C2CCCCC2)sc2c1CCC2. The van der Waals surface area contributed by atoms with Gasteiger partial charge in [-0.1, -0.05) is 31.0 Å². The molecule has 0 spiro atoms. The summed E-state index contributed by atoms with van der Waals surface area (Å²) in [6, 6.07) is 5.19. The number of esters is 1. The monoisotopic (exact) mass is 641 g/mol. The Balaban J connectivity index is 1.32. The minimum absolute atomic E-state index is 0.173. The highest BCUT2D eigenvalue weighted by molar-refractivity contribution is 8.00. The first-order chi connectivity index (χ1) is 21.3. The molecule has 2 amide bonds. The number of hydrogen-bond acceptors (Lipinski definition) is 10. The normalized spacial score (nSPS) is 15.4. The van der Waals surface area contributed by atoms with Crippen LogP contribution in [0.3, 0.4) is 0 Å². The van der Waals surface area contributed by atoms with E-state index < -0.39 is 11.2 Å². The molecule has 0 radical (unpaired) electrons. The lowest BCUT2D eigenvalue weighted by molar-refractivity contribution is -0.115. The number of carbonyl (C=O) groups excluding carboxylic acids is 3. The predicted molar refractivity (Wildman–Crippen MR) is 169 cm³/mol. The molecule has 2 aromatic heterocycles. The first-order valence-electron chi connectivity index (χ1n) is 15.1. The molecule has 2 heterocycles. The van der Waals surface area contributed by atoms with Crippen molar-refractivity contribution in [3.05, 3.63) is 45.6 Å². The standard InChI is InChI=1S/C31H39N5O6S2/c1-5-42-30(39)26-23-12-9-13-24(23)44-29(26)33-27(37)18(2)43-31-35-34-25(36(31)20-10-7-6-8-11-20)17-32-28(38)19-14-21(40-3)16-22(15-19)41-4/h14-16,18,20H,5-13,17H2,1-4H3,(H,32,38)(H,33,37). The molecule has 1 saturated carbocycles. The number of methoxy groups -OCH3 is 2. The average molecular weight is 642 g/mol. The third-order valence-corrected chi connectivity index (χ3v) is 10.2. The van der Waals surface area contributed by atoms with Gasteiger partial charge in [-0.15, -0.1) is 21.5 Å². The predicted octanol–water partition coefficient (Wildman–Crippen LogP) is 5.58. The lowest BCUT2D eigenvalue weighted by Crippen LogP contribution is -2.27. The van der Waals surface area contributed by atoms with Crippen molar-refractivity contribution in [2.24, 2.45) is 0 Å². The largest absolute Gasteiger partial charge is 0.497 e. The van der Waals surface area contributed by atoms with Crippen LogP contribution in [0.4, 0.5) is 5.00 Å². The van der Waals surface area contributed by atoms with E-state index in [0.29, 0.717) is 38.6 Å². The number of amides is 2. The summed E-state index contributed by atoms with van der Waals surface area (Å²) in [4.78, 5) is 40.4. The smallest absolute Gasteiger partial charge is 0.341 e. The molecule has 2 aliphatic carbocycles. The number of aryl methyl sites for hydroxylation is 1. The summed E-state index contributed by atoms with van der Waals surface area (Å²) in [6.45, 7) is 4.05. The fourth-order valence-electron chi connectivity index (χ4n) is 5.75. The van der Waals surface area contributed by atoms with Crippen molar-refractivity contribution in [3.8, 4) is 11.5 Å². The number of nitrogens with zero attached hydrogens (tertiary/aromatic N) is 3. The Morgan fingerprint density at radius 2 is 1.77 bits per heavy atom. The maximum atomic E-state index is 13.4. The van der Waals surface area contributed by atoms with Crippen LogP contribution in [0.15, 0.2) is 23.4 Å². The number of nitrogens with one attached hydrogen (secondary N) is 2. The summed E-state index contributed by atoms with van der Waals surface area (Å²) in [5, 5.41) is 15.6. The second kappa shape index (κ2) is 14.5. The van der Waals surface area contributed by atoms with Crippen LogP contribution in [0.1, 0.15) is 95.4 Å². The fourth-order valence-corrected chi connectivity index (χ4v) is 7.97. The molecule has 0 bridgehead atoms. The van der Waals surface area contributed by atoms with E-state index in [4.69, 9.17) is 14.2 Å². The molecule has 2 N–H and O–H groups in total. The van der Waals surface area contributed by atoms with Crippen molar-refractivity contribution in [3.63, 3.8) is 0 Å². The summed E-state index contributed by atoms with van der Waals surface area (Å²) in [5.74, 6) is 0.774. The van der Waals surface area contributed by atoms with Gasteiger partial charge in [0.25, 0.3) is 5.91 Å². The molecule has 1 unspecified atom stereocenters. The third-order valence-electron chi connectivity index (χ3n) is 7.98. The molecular weight excluding hydrogens is 603 g/mol. The van der Waals surface area contributed by atoms with Gasteiger partial charge in [0, 0.05) is 22.5 Å². The van der Waals surface area contributed by atoms with E-state index in [1.165, 1.54) is 43.7 Å². The first-order valence-corrected chi connectivity index (χ1v) is 16.8. The van der Waals surface area contributed by atoms with Crippen LogP contribution in [0.5, 0.6) is 11.5 Å². The average Bonchev–Trinajstić information content (AvgIpc) is 3.74. The van der Waals surface area contributed by atoms with E-state index in [0.717, 1.165) is 55.4 Å². The summed E-state index contributed by atoms with van der Waals surface area (Å²) < 4.78 is 18.0. The van der Waals surface area contributed by atoms with E-state index in [1.807, 2.05) is 6.92 Å². The Bertz CT molecular complexity index is 1490. The van der Waals surface area contributed by atoms with E-state index in [2.05, 4.69) is 25.4 Å². The van der Waals surface area contributed by atoms with Gasteiger partial charge in [-0.25, -0.2) is 4.79 Å². The number of carbonyl (C=O) groups is 3. The quantitative estimate of drug-likeness (QED) is 0.192. The van der Waals surface area contributed by atoms with Crippen molar-refractivity contribution < 1.29 is 28.6 Å². The number of aromatic nitrogens is 3. The van der Waals surface area contributed by atoms with Crippen molar-refractivity contribution in [1.29, 1.82) is 0 Å². The summed E-state index contributed by atoms with van der Waals surface area (Å²) in [6.07, 6.45) is 8.04. The van der Waals surface area contributed by atoms with Crippen molar-refractivity contribution in [2.45, 2.75) is 88.2 Å². The number of benzene rings is 1. The molecule has 2 aliphatic rings. The maximum absolute atomic E-state index is 13.4. The Kier molecular flexibility index (Phi) is 10.5. The zero-order valence-electron chi connectivity index (χ0n) is 25.6. The molecule has 1 fully saturated rings.